The molecular weight excluding hydrogens is 248 g/mol. The first kappa shape index (κ1) is 12.4. The van der Waals surface area contributed by atoms with E-state index in [1.165, 1.54) is 0 Å². The van der Waals surface area contributed by atoms with Crippen LogP contribution < -0.4 is 10.6 Å². The Kier molecular flexibility index (Phi) is 3.46. The van der Waals surface area contributed by atoms with Gasteiger partial charge in [0.25, 0.3) is 0 Å². The van der Waals surface area contributed by atoms with Crippen molar-refractivity contribution in [3.05, 3.63) is 54.9 Å². The average molecular weight is 264 g/mol. The van der Waals surface area contributed by atoms with Gasteiger partial charge in [-0.2, -0.15) is 0 Å². The molecule has 0 radical (unpaired) electrons. The van der Waals surface area contributed by atoms with Gasteiger partial charge in [-0.25, -0.2) is 4.98 Å². The van der Waals surface area contributed by atoms with Gasteiger partial charge in [0.15, 0.2) is 0 Å². The van der Waals surface area contributed by atoms with E-state index in [9.17, 15) is 0 Å². The highest BCUT2D eigenvalue weighted by Gasteiger charge is 2.02. The molecule has 0 fully saturated rings. The number of rotatable bonds is 4. The lowest BCUT2D eigenvalue weighted by Crippen LogP contribution is -2.01. The van der Waals surface area contributed by atoms with Gasteiger partial charge in [-0.1, -0.05) is 18.2 Å². The molecule has 3 rings (SSSR count). The van der Waals surface area contributed by atoms with E-state index in [0.29, 0.717) is 0 Å². The summed E-state index contributed by atoms with van der Waals surface area (Å²) in [6, 6.07) is 14.0. The summed E-state index contributed by atoms with van der Waals surface area (Å²) in [5, 5.41) is 8.81. The molecule has 0 spiro atoms. The fourth-order valence-electron chi connectivity index (χ4n) is 2.14. The van der Waals surface area contributed by atoms with Crippen LogP contribution in [-0.2, 0) is 0 Å². The first-order chi connectivity index (χ1) is 9.86. The molecule has 0 atom stereocenters. The Labute approximate surface area is 117 Å². The van der Waals surface area contributed by atoms with Crippen LogP contribution in [0.25, 0.3) is 10.8 Å². The summed E-state index contributed by atoms with van der Waals surface area (Å²) in [5.74, 6) is 1.69. The van der Waals surface area contributed by atoms with Gasteiger partial charge in [0.2, 0.25) is 0 Å². The molecule has 0 saturated heterocycles. The summed E-state index contributed by atoms with van der Waals surface area (Å²) < 4.78 is 0. The van der Waals surface area contributed by atoms with Crippen LogP contribution in [0.1, 0.15) is 6.92 Å². The molecule has 0 amide bonds. The van der Waals surface area contributed by atoms with E-state index in [4.69, 9.17) is 0 Å². The molecule has 0 aliphatic rings. The largest absolute Gasteiger partial charge is 0.370 e. The van der Waals surface area contributed by atoms with Crippen LogP contribution in [0.5, 0.6) is 0 Å². The maximum Gasteiger partial charge on any atom is 0.132 e. The summed E-state index contributed by atoms with van der Waals surface area (Å²) in [5.41, 5.74) is 1.01. The Morgan fingerprint density at radius 3 is 2.75 bits per heavy atom. The Morgan fingerprint density at radius 2 is 1.85 bits per heavy atom. The number of aromatic nitrogens is 2. The molecule has 2 N–H and O–H groups in total. The summed E-state index contributed by atoms with van der Waals surface area (Å²) in [4.78, 5) is 8.71. The zero-order valence-electron chi connectivity index (χ0n) is 11.3. The van der Waals surface area contributed by atoms with Gasteiger partial charge in [-0.3, -0.25) is 4.98 Å². The Bertz CT molecular complexity index is 719. The van der Waals surface area contributed by atoms with Crippen molar-refractivity contribution in [2.45, 2.75) is 6.92 Å². The van der Waals surface area contributed by atoms with Gasteiger partial charge < -0.3 is 10.6 Å². The van der Waals surface area contributed by atoms with Gasteiger partial charge in [-0.15, -0.1) is 0 Å². The van der Waals surface area contributed by atoms with Gasteiger partial charge in [0.1, 0.15) is 11.6 Å². The first-order valence-electron chi connectivity index (χ1n) is 6.67. The molecule has 2 aromatic heterocycles. The standard InChI is InChI=1S/C16H16N4/c1-2-18-15-7-4-8-16(20-15)19-14-6-3-5-12-9-10-17-11-13(12)14/h3-11H,2H2,1H3,(H2,18,19,20). The number of hydrogen-bond acceptors (Lipinski definition) is 4. The SMILES string of the molecule is CCNc1cccc(Nc2cccc3ccncc23)n1. The summed E-state index contributed by atoms with van der Waals surface area (Å²) in [7, 11) is 0. The topological polar surface area (TPSA) is 49.8 Å². The molecule has 1 aromatic carbocycles. The Morgan fingerprint density at radius 1 is 1.00 bits per heavy atom. The summed E-state index contributed by atoms with van der Waals surface area (Å²) >= 11 is 0. The van der Waals surface area contributed by atoms with Gasteiger partial charge in [0.05, 0.1) is 0 Å². The van der Waals surface area contributed by atoms with Crippen LogP contribution in [0.3, 0.4) is 0 Å². The summed E-state index contributed by atoms with van der Waals surface area (Å²) in [6.45, 7) is 2.91. The minimum absolute atomic E-state index is 0.819. The second-order valence-electron chi connectivity index (χ2n) is 4.47. The van der Waals surface area contributed by atoms with E-state index in [1.807, 2.05) is 42.6 Å². The summed E-state index contributed by atoms with van der Waals surface area (Å²) in [6.07, 6.45) is 3.67. The van der Waals surface area contributed by atoms with E-state index < -0.39 is 0 Å². The van der Waals surface area contributed by atoms with E-state index in [-0.39, 0.29) is 0 Å². The molecule has 4 heteroatoms. The molecular formula is C16H16N4. The molecule has 0 aliphatic carbocycles. The second kappa shape index (κ2) is 5.57. The predicted molar refractivity (Wildman–Crippen MR) is 83.4 cm³/mol. The Hall–Kier alpha value is -2.62. The third-order valence-electron chi connectivity index (χ3n) is 3.05. The third kappa shape index (κ3) is 2.54. The lowest BCUT2D eigenvalue weighted by Gasteiger charge is -2.10. The highest BCUT2D eigenvalue weighted by molar-refractivity contribution is 5.94. The van der Waals surface area contributed by atoms with Crippen LogP contribution in [0, 0.1) is 0 Å². The fourth-order valence-corrected chi connectivity index (χ4v) is 2.14. The molecule has 3 aromatic rings. The van der Waals surface area contributed by atoms with Crippen LogP contribution >= 0.6 is 0 Å². The molecule has 20 heavy (non-hydrogen) atoms. The second-order valence-corrected chi connectivity index (χ2v) is 4.47. The number of fused-ring (bicyclic) bond motifs is 1. The number of nitrogens with one attached hydrogen (secondary N) is 2. The highest BCUT2D eigenvalue weighted by Crippen LogP contribution is 2.25. The molecule has 100 valence electrons. The molecule has 0 unspecified atom stereocenters. The van der Waals surface area contributed by atoms with Crippen molar-refractivity contribution in [1.29, 1.82) is 0 Å². The van der Waals surface area contributed by atoms with Crippen LogP contribution in [0.2, 0.25) is 0 Å². The Balaban J connectivity index is 1.95. The number of hydrogen-bond donors (Lipinski definition) is 2. The maximum absolute atomic E-state index is 4.52. The smallest absolute Gasteiger partial charge is 0.132 e. The van der Waals surface area contributed by atoms with Gasteiger partial charge in [0, 0.05) is 30.0 Å². The van der Waals surface area contributed by atoms with Crippen molar-refractivity contribution >= 4 is 28.1 Å². The lowest BCUT2D eigenvalue weighted by molar-refractivity contribution is 1.16. The normalized spacial score (nSPS) is 10.4. The predicted octanol–water partition coefficient (Wildman–Crippen LogP) is 3.81. The highest BCUT2D eigenvalue weighted by atomic mass is 15.1. The van der Waals surface area contributed by atoms with Crippen molar-refractivity contribution in [2.24, 2.45) is 0 Å². The lowest BCUT2D eigenvalue weighted by atomic mass is 10.1. The first-order valence-corrected chi connectivity index (χ1v) is 6.67. The van der Waals surface area contributed by atoms with Crippen molar-refractivity contribution in [1.82, 2.24) is 9.97 Å². The number of nitrogens with zero attached hydrogens (tertiary/aromatic N) is 2. The van der Waals surface area contributed by atoms with E-state index in [0.717, 1.165) is 34.6 Å². The van der Waals surface area contributed by atoms with Gasteiger partial charge >= 0.3 is 0 Å². The van der Waals surface area contributed by atoms with Crippen LogP contribution in [0.15, 0.2) is 54.9 Å². The molecule has 4 nitrogen and oxygen atoms in total. The maximum atomic E-state index is 4.52. The quantitative estimate of drug-likeness (QED) is 0.752. The van der Waals surface area contributed by atoms with E-state index in [2.05, 4.69) is 33.6 Å². The number of anilines is 3. The molecule has 2 heterocycles. The zero-order valence-corrected chi connectivity index (χ0v) is 11.3. The van der Waals surface area contributed by atoms with Crippen LogP contribution in [-0.4, -0.2) is 16.5 Å². The molecule has 0 aliphatic heterocycles. The van der Waals surface area contributed by atoms with Crippen molar-refractivity contribution in [2.75, 3.05) is 17.2 Å². The number of pyridine rings is 2. The van der Waals surface area contributed by atoms with E-state index in [1.54, 1.807) is 6.20 Å². The van der Waals surface area contributed by atoms with Gasteiger partial charge in [-0.05, 0) is 36.6 Å². The number of benzene rings is 1. The minimum atomic E-state index is 0.819. The van der Waals surface area contributed by atoms with Crippen molar-refractivity contribution in [3.8, 4) is 0 Å². The zero-order chi connectivity index (χ0) is 13.8. The molecule has 0 bridgehead atoms. The average Bonchev–Trinajstić information content (AvgIpc) is 2.48. The monoisotopic (exact) mass is 264 g/mol. The third-order valence-corrected chi connectivity index (χ3v) is 3.05. The fraction of sp³-hybridized carbons (Fsp3) is 0.125. The van der Waals surface area contributed by atoms with Crippen molar-refractivity contribution in [3.63, 3.8) is 0 Å². The van der Waals surface area contributed by atoms with E-state index >= 15 is 0 Å². The molecule has 0 saturated carbocycles. The van der Waals surface area contributed by atoms with Crippen molar-refractivity contribution < 1.29 is 0 Å². The minimum Gasteiger partial charge on any atom is -0.370 e. The van der Waals surface area contributed by atoms with Crippen LogP contribution in [0.4, 0.5) is 17.3 Å².